The average molecular weight is 229 g/mol. The van der Waals surface area contributed by atoms with Crippen molar-refractivity contribution in [3.63, 3.8) is 0 Å². The molecule has 0 spiro atoms. The van der Waals surface area contributed by atoms with Gasteiger partial charge in [0.25, 0.3) is 0 Å². The van der Waals surface area contributed by atoms with Crippen LogP contribution in [0.4, 0.5) is 0 Å². The highest BCUT2D eigenvalue weighted by Gasteiger charge is 2.09. The van der Waals surface area contributed by atoms with Gasteiger partial charge in [0.2, 0.25) is 5.28 Å². The van der Waals surface area contributed by atoms with Gasteiger partial charge >= 0.3 is 0 Å². The molecule has 2 aromatic heterocycles. The van der Waals surface area contributed by atoms with Crippen molar-refractivity contribution in [2.75, 3.05) is 6.26 Å². The smallest absolute Gasteiger partial charge is 0.203 e. The highest BCUT2D eigenvalue weighted by molar-refractivity contribution is 7.98. The monoisotopic (exact) mass is 228 g/mol. The highest BCUT2D eigenvalue weighted by Crippen LogP contribution is 2.17. The predicted molar refractivity (Wildman–Crippen MR) is 57.0 cm³/mol. The molecule has 0 unspecified atom stereocenters. The van der Waals surface area contributed by atoms with Gasteiger partial charge in [0, 0.05) is 5.56 Å². The Hall–Kier alpha value is -0.810. The molecule has 2 rings (SSSR count). The number of halogens is 1. The number of aryl methyl sites for hydroxylation is 1. The number of hydrogen-bond donors (Lipinski definition) is 0. The Bertz CT molecular complexity index is 468. The van der Waals surface area contributed by atoms with Crippen molar-refractivity contribution < 1.29 is 0 Å². The van der Waals surface area contributed by atoms with Crippen LogP contribution in [0.5, 0.6) is 0 Å². The SMILES string of the molecule is CCc1cnn2c(Cl)nc(SC)nc12. The first-order valence-electron chi connectivity index (χ1n) is 4.20. The van der Waals surface area contributed by atoms with Crippen LogP contribution >= 0.6 is 23.4 Å². The summed E-state index contributed by atoms with van der Waals surface area (Å²) in [5.41, 5.74) is 1.89. The summed E-state index contributed by atoms with van der Waals surface area (Å²) in [5, 5.41) is 5.15. The number of nitrogens with zero attached hydrogens (tertiary/aromatic N) is 4. The summed E-state index contributed by atoms with van der Waals surface area (Å²) in [6.07, 6.45) is 4.59. The Morgan fingerprint density at radius 1 is 1.50 bits per heavy atom. The Morgan fingerprint density at radius 2 is 2.29 bits per heavy atom. The van der Waals surface area contributed by atoms with Crippen LogP contribution in [0.3, 0.4) is 0 Å². The molecule has 0 bridgehead atoms. The van der Waals surface area contributed by atoms with Gasteiger partial charge in [-0.3, -0.25) is 0 Å². The van der Waals surface area contributed by atoms with E-state index >= 15 is 0 Å². The van der Waals surface area contributed by atoms with Gasteiger partial charge in [0.15, 0.2) is 10.8 Å². The van der Waals surface area contributed by atoms with E-state index in [1.165, 1.54) is 11.8 Å². The maximum Gasteiger partial charge on any atom is 0.228 e. The molecule has 0 amide bonds. The lowest BCUT2D eigenvalue weighted by molar-refractivity contribution is 0.834. The number of rotatable bonds is 2. The van der Waals surface area contributed by atoms with Crippen molar-refractivity contribution in [2.24, 2.45) is 0 Å². The first-order chi connectivity index (χ1) is 6.76. The minimum Gasteiger partial charge on any atom is -0.203 e. The fourth-order valence-electron chi connectivity index (χ4n) is 1.21. The second-order valence-corrected chi connectivity index (χ2v) is 3.85. The predicted octanol–water partition coefficient (Wildman–Crippen LogP) is 2.06. The standard InChI is InChI=1S/C8H9ClN4S/c1-3-5-4-10-13-6(5)11-8(14-2)12-7(13)9/h4H,3H2,1-2H3. The number of fused-ring (bicyclic) bond motifs is 1. The Balaban J connectivity index is 2.73. The van der Waals surface area contributed by atoms with Gasteiger partial charge in [-0.05, 0) is 24.3 Å². The maximum atomic E-state index is 5.95. The lowest BCUT2D eigenvalue weighted by Gasteiger charge is -1.99. The zero-order valence-electron chi connectivity index (χ0n) is 7.86. The van der Waals surface area contributed by atoms with Gasteiger partial charge in [0.05, 0.1) is 6.20 Å². The molecule has 0 saturated heterocycles. The molecule has 6 heteroatoms. The van der Waals surface area contributed by atoms with Crippen LogP contribution in [0.25, 0.3) is 5.65 Å². The van der Waals surface area contributed by atoms with Crippen molar-refractivity contribution in [3.05, 3.63) is 17.0 Å². The van der Waals surface area contributed by atoms with E-state index in [1.807, 2.05) is 6.26 Å². The van der Waals surface area contributed by atoms with E-state index in [2.05, 4.69) is 22.0 Å². The van der Waals surface area contributed by atoms with Crippen LogP contribution in [-0.2, 0) is 6.42 Å². The molecule has 0 atom stereocenters. The molecule has 0 aliphatic rings. The molecule has 0 fully saturated rings. The van der Waals surface area contributed by atoms with E-state index in [9.17, 15) is 0 Å². The minimum absolute atomic E-state index is 0.360. The van der Waals surface area contributed by atoms with Crippen molar-refractivity contribution in [1.82, 2.24) is 19.6 Å². The fraction of sp³-hybridized carbons (Fsp3) is 0.375. The number of hydrogen-bond acceptors (Lipinski definition) is 4. The van der Waals surface area contributed by atoms with E-state index in [1.54, 1.807) is 10.7 Å². The molecule has 14 heavy (non-hydrogen) atoms. The average Bonchev–Trinajstić information content (AvgIpc) is 2.61. The maximum absolute atomic E-state index is 5.95. The second-order valence-electron chi connectivity index (χ2n) is 2.74. The molecular formula is C8H9ClN4S. The summed E-state index contributed by atoms with van der Waals surface area (Å²) in [7, 11) is 0. The quantitative estimate of drug-likeness (QED) is 0.738. The number of thioether (sulfide) groups is 1. The zero-order chi connectivity index (χ0) is 10.1. The van der Waals surface area contributed by atoms with Gasteiger partial charge in [-0.15, -0.1) is 0 Å². The molecule has 0 saturated carbocycles. The van der Waals surface area contributed by atoms with Crippen LogP contribution in [0, 0.1) is 0 Å². The van der Waals surface area contributed by atoms with E-state index < -0.39 is 0 Å². The normalized spacial score (nSPS) is 11.1. The molecule has 4 nitrogen and oxygen atoms in total. The van der Waals surface area contributed by atoms with Crippen molar-refractivity contribution in [3.8, 4) is 0 Å². The van der Waals surface area contributed by atoms with Crippen LogP contribution in [0.1, 0.15) is 12.5 Å². The van der Waals surface area contributed by atoms with Gasteiger partial charge in [-0.1, -0.05) is 18.7 Å². The minimum atomic E-state index is 0.360. The topological polar surface area (TPSA) is 43.1 Å². The van der Waals surface area contributed by atoms with Crippen LogP contribution in [-0.4, -0.2) is 25.8 Å². The van der Waals surface area contributed by atoms with Crippen molar-refractivity contribution in [2.45, 2.75) is 18.5 Å². The Kier molecular flexibility index (Phi) is 2.60. The first kappa shape index (κ1) is 9.73. The molecule has 74 valence electrons. The summed E-state index contributed by atoms with van der Waals surface area (Å²) < 4.78 is 1.56. The summed E-state index contributed by atoms with van der Waals surface area (Å²) in [4.78, 5) is 8.44. The third kappa shape index (κ3) is 1.46. The molecule has 0 aliphatic heterocycles. The van der Waals surface area contributed by atoms with E-state index in [-0.39, 0.29) is 0 Å². The summed E-state index contributed by atoms with van der Waals surface area (Å²) in [6.45, 7) is 2.06. The van der Waals surface area contributed by atoms with Gasteiger partial charge < -0.3 is 0 Å². The third-order valence-electron chi connectivity index (χ3n) is 1.94. The zero-order valence-corrected chi connectivity index (χ0v) is 9.43. The van der Waals surface area contributed by atoms with E-state index in [0.29, 0.717) is 10.4 Å². The van der Waals surface area contributed by atoms with Crippen LogP contribution in [0.2, 0.25) is 5.28 Å². The van der Waals surface area contributed by atoms with Gasteiger partial charge in [-0.25, -0.2) is 4.98 Å². The number of aromatic nitrogens is 4. The summed E-state index contributed by atoms with van der Waals surface area (Å²) >= 11 is 7.42. The molecule has 2 aromatic rings. The first-order valence-corrected chi connectivity index (χ1v) is 5.80. The summed E-state index contributed by atoms with van der Waals surface area (Å²) in [5.74, 6) is 0. The van der Waals surface area contributed by atoms with Crippen LogP contribution < -0.4 is 0 Å². The van der Waals surface area contributed by atoms with Crippen LogP contribution in [0.15, 0.2) is 11.4 Å². The lowest BCUT2D eigenvalue weighted by atomic mass is 10.3. The molecular weight excluding hydrogens is 220 g/mol. The van der Waals surface area contributed by atoms with E-state index in [0.717, 1.165) is 17.6 Å². The molecule has 0 radical (unpaired) electrons. The molecule has 0 aliphatic carbocycles. The lowest BCUT2D eigenvalue weighted by Crippen LogP contribution is -1.98. The third-order valence-corrected chi connectivity index (χ3v) is 2.74. The van der Waals surface area contributed by atoms with Gasteiger partial charge in [-0.2, -0.15) is 14.6 Å². The summed E-state index contributed by atoms with van der Waals surface area (Å²) in [6, 6.07) is 0. The molecule has 0 aromatic carbocycles. The Labute approximate surface area is 90.7 Å². The molecule has 0 N–H and O–H groups in total. The Morgan fingerprint density at radius 3 is 2.93 bits per heavy atom. The molecule has 2 heterocycles. The largest absolute Gasteiger partial charge is 0.228 e. The van der Waals surface area contributed by atoms with Crippen molar-refractivity contribution >= 4 is 29.0 Å². The van der Waals surface area contributed by atoms with E-state index in [4.69, 9.17) is 11.6 Å². The fourth-order valence-corrected chi connectivity index (χ4v) is 1.82. The van der Waals surface area contributed by atoms with Crippen molar-refractivity contribution in [1.29, 1.82) is 0 Å². The van der Waals surface area contributed by atoms with Gasteiger partial charge in [0.1, 0.15) is 0 Å². The highest BCUT2D eigenvalue weighted by atomic mass is 35.5. The second kappa shape index (κ2) is 3.74.